The first-order chi connectivity index (χ1) is 17.0. The predicted octanol–water partition coefficient (Wildman–Crippen LogP) is 5.58. The number of likely N-dealkylation sites (N-methyl/N-ethyl adjacent to an activating group) is 1. The summed E-state index contributed by atoms with van der Waals surface area (Å²) in [7, 11) is 0. The molecular weight excluding hydrogens is 434 g/mol. The smallest absolute Gasteiger partial charge is 0.270 e. The van der Waals surface area contributed by atoms with Crippen LogP contribution in [0.4, 0.5) is 0 Å². The van der Waals surface area contributed by atoms with Crippen molar-refractivity contribution in [1.29, 1.82) is 0 Å². The van der Waals surface area contributed by atoms with Crippen LogP contribution in [0.1, 0.15) is 25.1 Å². The Morgan fingerprint density at radius 3 is 2.80 bits per heavy atom. The number of benzene rings is 2. The molecule has 3 aromatic rings. The lowest BCUT2D eigenvalue weighted by molar-refractivity contribution is -0.129. The van der Waals surface area contributed by atoms with Crippen LogP contribution in [0.5, 0.6) is 5.75 Å². The third-order valence-electron chi connectivity index (χ3n) is 7.50. The molecule has 3 heterocycles. The van der Waals surface area contributed by atoms with Crippen LogP contribution in [0.25, 0.3) is 22.0 Å². The first-order valence-corrected chi connectivity index (χ1v) is 12.5. The molecule has 1 aliphatic carbocycles. The van der Waals surface area contributed by atoms with E-state index in [1.165, 1.54) is 11.0 Å². The van der Waals surface area contributed by atoms with E-state index in [-0.39, 0.29) is 17.9 Å². The minimum atomic E-state index is 0.0904. The second kappa shape index (κ2) is 8.49. The normalized spacial score (nSPS) is 21.2. The summed E-state index contributed by atoms with van der Waals surface area (Å²) in [6, 6.07) is 15.2. The van der Waals surface area contributed by atoms with Crippen molar-refractivity contribution in [1.82, 2.24) is 14.8 Å². The van der Waals surface area contributed by atoms with E-state index in [2.05, 4.69) is 91.4 Å². The fraction of sp³-hybridized carbons (Fsp3) is 0.300. The summed E-state index contributed by atoms with van der Waals surface area (Å²) >= 11 is 0. The van der Waals surface area contributed by atoms with Crippen molar-refractivity contribution in [2.45, 2.75) is 33.4 Å². The molecule has 5 nitrogen and oxygen atoms in total. The standard InChI is InChI=1S/C30H31N3O2/c1-4-33-27(17-24-7-5-6-19(2)29(24)33)30(34)32-12-13-35-28-11-10-21(15-25(28)18-32)22-8-9-23-14-20(3)31-26(23)16-22/h5-11,14-17,24,29,31H,4,12-13,18H2,1-3H3. The molecule has 0 fully saturated rings. The highest BCUT2D eigenvalue weighted by atomic mass is 16.5. The first kappa shape index (κ1) is 21.8. The molecule has 0 saturated carbocycles. The molecular formula is C30H31N3O2. The van der Waals surface area contributed by atoms with Gasteiger partial charge in [0.25, 0.3) is 5.91 Å². The molecule has 5 heteroatoms. The Bertz CT molecular complexity index is 1410. The second-order valence-electron chi connectivity index (χ2n) is 9.81. The second-order valence-corrected chi connectivity index (χ2v) is 9.81. The summed E-state index contributed by atoms with van der Waals surface area (Å²) in [5, 5.41) is 1.21. The first-order valence-electron chi connectivity index (χ1n) is 12.5. The van der Waals surface area contributed by atoms with Crippen LogP contribution in [0.15, 0.2) is 78.0 Å². The van der Waals surface area contributed by atoms with Crippen LogP contribution in [-0.2, 0) is 11.3 Å². The molecule has 2 aromatic carbocycles. The highest BCUT2D eigenvalue weighted by molar-refractivity contribution is 5.94. The molecule has 0 saturated heterocycles. The number of ether oxygens (including phenoxy) is 1. The molecule has 178 valence electrons. The molecule has 1 aromatic heterocycles. The molecule has 1 N–H and O–H groups in total. The summed E-state index contributed by atoms with van der Waals surface area (Å²) in [6.45, 7) is 8.79. The number of allylic oxidation sites excluding steroid dienone is 2. The quantitative estimate of drug-likeness (QED) is 0.549. The van der Waals surface area contributed by atoms with Gasteiger partial charge in [0.15, 0.2) is 0 Å². The van der Waals surface area contributed by atoms with Crippen LogP contribution >= 0.6 is 0 Å². The maximum Gasteiger partial charge on any atom is 0.270 e. The number of aromatic amines is 1. The summed E-state index contributed by atoms with van der Waals surface area (Å²) < 4.78 is 6.07. The van der Waals surface area contributed by atoms with Crippen molar-refractivity contribution >= 4 is 16.8 Å². The molecule has 35 heavy (non-hydrogen) atoms. The van der Waals surface area contributed by atoms with Gasteiger partial charge in [0.05, 0.1) is 18.3 Å². The number of nitrogens with one attached hydrogen (secondary N) is 1. The van der Waals surface area contributed by atoms with E-state index in [0.29, 0.717) is 19.7 Å². The van der Waals surface area contributed by atoms with Gasteiger partial charge in [0.2, 0.25) is 0 Å². The van der Waals surface area contributed by atoms with Crippen molar-refractivity contribution in [2.75, 3.05) is 19.7 Å². The maximum absolute atomic E-state index is 13.8. The van der Waals surface area contributed by atoms with Gasteiger partial charge >= 0.3 is 0 Å². The third kappa shape index (κ3) is 3.75. The Hall–Kier alpha value is -3.73. The monoisotopic (exact) mass is 465 g/mol. The molecule has 0 spiro atoms. The number of aryl methyl sites for hydroxylation is 1. The van der Waals surface area contributed by atoms with E-state index in [1.807, 2.05) is 11.0 Å². The van der Waals surface area contributed by atoms with Gasteiger partial charge in [-0.25, -0.2) is 0 Å². The number of amides is 1. The topological polar surface area (TPSA) is 48.6 Å². The third-order valence-corrected chi connectivity index (χ3v) is 7.50. The van der Waals surface area contributed by atoms with E-state index in [1.54, 1.807) is 0 Å². The molecule has 3 aliphatic rings. The van der Waals surface area contributed by atoms with E-state index >= 15 is 0 Å². The van der Waals surface area contributed by atoms with Gasteiger partial charge in [-0.2, -0.15) is 0 Å². The van der Waals surface area contributed by atoms with Crippen molar-refractivity contribution in [3.8, 4) is 16.9 Å². The van der Waals surface area contributed by atoms with Gasteiger partial charge in [0, 0.05) is 35.8 Å². The molecule has 6 rings (SSSR count). The van der Waals surface area contributed by atoms with Gasteiger partial charge < -0.3 is 19.5 Å². The maximum atomic E-state index is 13.8. The number of H-pyrrole nitrogens is 1. The predicted molar refractivity (Wildman–Crippen MR) is 140 cm³/mol. The van der Waals surface area contributed by atoms with Crippen LogP contribution in [0, 0.1) is 12.8 Å². The zero-order valence-corrected chi connectivity index (χ0v) is 20.5. The van der Waals surface area contributed by atoms with Gasteiger partial charge in [0.1, 0.15) is 12.4 Å². The van der Waals surface area contributed by atoms with Crippen LogP contribution in [0.3, 0.4) is 0 Å². The van der Waals surface area contributed by atoms with E-state index in [0.717, 1.165) is 45.9 Å². The summed E-state index contributed by atoms with van der Waals surface area (Å²) in [5.41, 5.74) is 7.74. The molecule has 2 atom stereocenters. The Morgan fingerprint density at radius 2 is 1.94 bits per heavy atom. The number of hydrogen-bond acceptors (Lipinski definition) is 3. The van der Waals surface area contributed by atoms with Gasteiger partial charge in [-0.1, -0.05) is 42.0 Å². The Labute approximate surface area is 206 Å². The van der Waals surface area contributed by atoms with Gasteiger partial charge in [-0.05, 0) is 67.6 Å². The number of aromatic nitrogens is 1. The van der Waals surface area contributed by atoms with Gasteiger partial charge in [-0.15, -0.1) is 0 Å². The fourth-order valence-electron chi connectivity index (χ4n) is 5.79. The summed E-state index contributed by atoms with van der Waals surface area (Å²) in [5.74, 6) is 1.21. The minimum absolute atomic E-state index is 0.0904. The average Bonchev–Trinajstić information content (AvgIpc) is 3.35. The highest BCUT2D eigenvalue weighted by Crippen LogP contribution is 2.37. The lowest BCUT2D eigenvalue weighted by Gasteiger charge is -2.33. The summed E-state index contributed by atoms with van der Waals surface area (Å²) in [6.07, 6.45) is 8.63. The number of fused-ring (bicyclic) bond motifs is 3. The average molecular weight is 466 g/mol. The van der Waals surface area contributed by atoms with Crippen molar-refractivity contribution in [2.24, 2.45) is 5.92 Å². The number of rotatable bonds is 3. The number of carbonyl (C=O) groups excluding carboxylic acids is 1. The van der Waals surface area contributed by atoms with Crippen molar-refractivity contribution < 1.29 is 9.53 Å². The lowest BCUT2D eigenvalue weighted by Crippen LogP contribution is -2.42. The molecule has 0 bridgehead atoms. The van der Waals surface area contributed by atoms with E-state index < -0.39 is 0 Å². The van der Waals surface area contributed by atoms with Crippen molar-refractivity contribution in [3.05, 3.63) is 89.3 Å². The SMILES string of the molecule is CCN1C(C(=O)N2CCOc3ccc(-c4ccc5cc(C)[nH]c5c4)cc3C2)=CC2C=CC=C(C)C21. The van der Waals surface area contributed by atoms with Crippen LogP contribution in [-0.4, -0.2) is 46.4 Å². The number of carbonyl (C=O) groups is 1. The Morgan fingerprint density at radius 1 is 1.11 bits per heavy atom. The van der Waals surface area contributed by atoms with E-state index in [4.69, 9.17) is 4.74 Å². The van der Waals surface area contributed by atoms with Crippen LogP contribution in [0.2, 0.25) is 0 Å². The van der Waals surface area contributed by atoms with Gasteiger partial charge in [-0.3, -0.25) is 4.79 Å². The molecule has 2 unspecified atom stereocenters. The molecule has 0 radical (unpaired) electrons. The lowest BCUT2D eigenvalue weighted by atomic mass is 9.91. The van der Waals surface area contributed by atoms with Crippen molar-refractivity contribution in [3.63, 3.8) is 0 Å². The minimum Gasteiger partial charge on any atom is -0.491 e. The number of hydrogen-bond donors (Lipinski definition) is 1. The molecule has 1 amide bonds. The number of nitrogens with zero attached hydrogens (tertiary/aromatic N) is 2. The zero-order chi connectivity index (χ0) is 24.1. The summed E-state index contributed by atoms with van der Waals surface area (Å²) in [4.78, 5) is 21.4. The fourth-order valence-corrected chi connectivity index (χ4v) is 5.79. The highest BCUT2D eigenvalue weighted by Gasteiger charge is 2.38. The van der Waals surface area contributed by atoms with Crippen LogP contribution < -0.4 is 4.74 Å². The Kier molecular flexibility index (Phi) is 5.28. The Balaban J connectivity index is 1.29. The largest absolute Gasteiger partial charge is 0.491 e. The molecule has 2 aliphatic heterocycles. The zero-order valence-electron chi connectivity index (χ0n) is 20.5. The van der Waals surface area contributed by atoms with E-state index in [9.17, 15) is 4.79 Å².